The summed E-state index contributed by atoms with van der Waals surface area (Å²) in [5.74, 6) is -3.43. The number of carboxylic acid groups (broad SMARTS) is 2. The predicted molar refractivity (Wildman–Crippen MR) is 119 cm³/mol. The number of carbonyl (C=O) groups is 2. The van der Waals surface area contributed by atoms with E-state index in [1.807, 2.05) is 0 Å². The maximum atomic E-state index is 11.7. The summed E-state index contributed by atoms with van der Waals surface area (Å²) in [5, 5.41) is 29.7. The first-order chi connectivity index (χ1) is 14.5. The van der Waals surface area contributed by atoms with E-state index in [0.717, 1.165) is 0 Å². The molecule has 1 aliphatic rings. The van der Waals surface area contributed by atoms with Crippen LogP contribution in [0.4, 0.5) is 0 Å². The van der Waals surface area contributed by atoms with Gasteiger partial charge in [0.15, 0.2) is 5.57 Å². The Hall–Kier alpha value is -3.35. The number of carboxylic acids is 2. The Balaban J connectivity index is 2.50. The molecule has 0 amide bonds. The quantitative estimate of drug-likeness (QED) is 0.438. The van der Waals surface area contributed by atoms with Gasteiger partial charge in [0.2, 0.25) is 0 Å². The Bertz CT molecular complexity index is 1230. The van der Waals surface area contributed by atoms with Gasteiger partial charge in [0.05, 0.1) is 5.57 Å². The van der Waals surface area contributed by atoms with Crippen LogP contribution in [-0.2, 0) is 4.79 Å². The lowest BCUT2D eigenvalue weighted by Crippen LogP contribution is -2.17. The van der Waals surface area contributed by atoms with Crippen LogP contribution in [0.1, 0.15) is 34.0 Å². The lowest BCUT2D eigenvalue weighted by Gasteiger charge is -2.19. The number of phenols is 1. The summed E-state index contributed by atoms with van der Waals surface area (Å²) >= 11 is 12.9. The molecule has 0 heterocycles. The average Bonchev–Trinajstić information content (AvgIpc) is 2.68. The van der Waals surface area contributed by atoms with Crippen molar-refractivity contribution in [1.29, 1.82) is 0 Å². The van der Waals surface area contributed by atoms with E-state index in [1.165, 1.54) is 12.1 Å². The minimum absolute atomic E-state index is 0.257. The van der Waals surface area contributed by atoms with Gasteiger partial charge in [-0.3, -0.25) is 4.79 Å². The van der Waals surface area contributed by atoms with Crippen LogP contribution in [-0.4, -0.2) is 37.8 Å². The van der Waals surface area contributed by atoms with Crippen LogP contribution >= 0.6 is 23.2 Å². The minimum Gasteiger partial charge on any atom is -0.507 e. The van der Waals surface area contributed by atoms with E-state index in [1.54, 1.807) is 44.2 Å². The van der Waals surface area contributed by atoms with E-state index in [9.17, 15) is 29.7 Å². The van der Waals surface area contributed by atoms with Crippen LogP contribution in [0.2, 0.25) is 10.0 Å². The van der Waals surface area contributed by atoms with E-state index in [2.05, 4.69) is 0 Å². The van der Waals surface area contributed by atoms with Gasteiger partial charge in [-0.15, -0.1) is 0 Å². The number of rotatable bonds is 4. The van der Waals surface area contributed by atoms with Gasteiger partial charge in [-0.2, -0.15) is 0 Å². The van der Waals surface area contributed by atoms with Crippen LogP contribution in [0.5, 0.6) is 5.75 Å². The molecule has 3 rings (SSSR count). The number of ketones is 1. The summed E-state index contributed by atoms with van der Waals surface area (Å²) in [6, 6.07) is 7.65. The zero-order chi connectivity index (χ0) is 23.0. The Kier molecular flexibility index (Phi) is 6.06. The first kappa shape index (κ1) is 22.3. The van der Waals surface area contributed by atoms with E-state index in [4.69, 9.17) is 23.2 Å². The van der Waals surface area contributed by atoms with Gasteiger partial charge in [0, 0.05) is 15.6 Å². The molecule has 6 nitrogen and oxygen atoms in total. The topological polar surface area (TPSA) is 116 Å². The molecule has 0 aliphatic heterocycles. The van der Waals surface area contributed by atoms with Crippen molar-refractivity contribution >= 4 is 46.5 Å². The van der Waals surface area contributed by atoms with E-state index in [-0.39, 0.29) is 32.7 Å². The van der Waals surface area contributed by atoms with Gasteiger partial charge in [0.1, 0.15) is 11.3 Å². The van der Waals surface area contributed by atoms with Crippen molar-refractivity contribution in [2.24, 2.45) is 0 Å². The zero-order valence-electron chi connectivity index (χ0n) is 16.4. The summed E-state index contributed by atoms with van der Waals surface area (Å²) in [4.78, 5) is 33.5. The molecule has 0 atom stereocenters. The molecular weight excluding hydrogens is 443 g/mol. The summed E-state index contributed by atoms with van der Waals surface area (Å²) in [6.45, 7) is 3.09. The fourth-order valence-corrected chi connectivity index (χ4v) is 3.95. The number of allylic oxidation sites excluding steroid dienone is 4. The van der Waals surface area contributed by atoms with Gasteiger partial charge in [-0.05, 0) is 72.5 Å². The molecule has 0 aromatic heterocycles. The van der Waals surface area contributed by atoms with Crippen LogP contribution < -0.4 is 0 Å². The van der Waals surface area contributed by atoms with Crippen molar-refractivity contribution in [2.75, 3.05) is 0 Å². The number of aromatic carboxylic acids is 1. The van der Waals surface area contributed by atoms with Crippen molar-refractivity contribution in [3.63, 3.8) is 0 Å². The monoisotopic (exact) mass is 459 g/mol. The third-order valence-corrected chi connectivity index (χ3v) is 5.48. The van der Waals surface area contributed by atoms with Gasteiger partial charge >= 0.3 is 17.7 Å². The standard InChI is InChI=1S/C23H16Cl2O6/c1-10-6-12(8-14(20(10)26)22(28)29)18(19-16(24)4-3-5-17(19)25)13-7-11(2)21(27)15(9-13)23(30)31/h3-9,26H,1-2H3,(H,28,29)(H,30,31)/p+1/b18-13+. The summed E-state index contributed by atoms with van der Waals surface area (Å²) < 4.78 is 0. The lowest BCUT2D eigenvalue weighted by molar-refractivity contribution is -0.132. The first-order valence-corrected chi connectivity index (χ1v) is 9.74. The minimum atomic E-state index is -1.33. The van der Waals surface area contributed by atoms with E-state index in [0.29, 0.717) is 33.4 Å². The molecule has 0 radical (unpaired) electrons. The van der Waals surface area contributed by atoms with Crippen molar-refractivity contribution in [2.45, 2.75) is 13.8 Å². The number of halogens is 2. The van der Waals surface area contributed by atoms with Crippen LogP contribution in [0.3, 0.4) is 0 Å². The average molecular weight is 460 g/mol. The SMILES string of the molecule is CC1=C/C(=C(/c2cc(C)c(O)c(C(=O)O)c2)c2c(Cl)cccc2Cl)C=C(C(=O)O)C1=[OH+]. The number of hydrogen-bond acceptors (Lipinski definition) is 3. The van der Waals surface area contributed by atoms with Gasteiger partial charge < -0.3 is 15.3 Å². The fourth-order valence-electron chi connectivity index (χ4n) is 3.37. The number of aromatic hydroxyl groups is 1. The Labute approximate surface area is 187 Å². The highest BCUT2D eigenvalue weighted by Crippen LogP contribution is 2.41. The number of carbonyl (C=O) groups excluding carboxylic acids is 1. The van der Waals surface area contributed by atoms with Gasteiger partial charge in [-0.25, -0.2) is 9.59 Å². The van der Waals surface area contributed by atoms with Crippen molar-refractivity contribution in [3.05, 3.63) is 91.5 Å². The van der Waals surface area contributed by atoms with Crippen LogP contribution in [0, 0.1) is 6.92 Å². The molecular formula is C23H17Cl2O6+. The second-order valence-corrected chi connectivity index (χ2v) is 7.77. The summed E-state index contributed by atoms with van der Waals surface area (Å²) in [7, 11) is 0. The number of benzene rings is 2. The fraction of sp³-hybridized carbons (Fsp3) is 0.0870. The molecule has 0 fully saturated rings. The number of aryl methyl sites for hydroxylation is 1. The smallest absolute Gasteiger partial charge is 0.357 e. The Morgan fingerprint density at radius 3 is 2.13 bits per heavy atom. The third-order valence-electron chi connectivity index (χ3n) is 4.85. The molecule has 31 heavy (non-hydrogen) atoms. The van der Waals surface area contributed by atoms with E-state index < -0.39 is 11.9 Å². The molecule has 4 N–H and O–H groups in total. The van der Waals surface area contributed by atoms with Crippen molar-refractivity contribution in [1.82, 2.24) is 0 Å². The summed E-state index contributed by atoms with van der Waals surface area (Å²) in [5.41, 5.74) is 1.34. The number of aliphatic carboxylic acids is 1. The maximum Gasteiger partial charge on any atom is 0.357 e. The molecule has 0 spiro atoms. The third kappa shape index (κ3) is 4.13. The van der Waals surface area contributed by atoms with Crippen molar-refractivity contribution < 1.29 is 29.7 Å². The molecule has 0 unspecified atom stereocenters. The normalized spacial score (nSPS) is 15.3. The van der Waals surface area contributed by atoms with Crippen molar-refractivity contribution in [3.8, 4) is 5.75 Å². The zero-order valence-corrected chi connectivity index (χ0v) is 17.9. The highest BCUT2D eigenvalue weighted by Gasteiger charge is 2.31. The Morgan fingerprint density at radius 1 is 0.968 bits per heavy atom. The second kappa shape index (κ2) is 8.41. The predicted octanol–water partition coefficient (Wildman–Crippen LogP) is 5.02. The molecule has 158 valence electrons. The summed E-state index contributed by atoms with van der Waals surface area (Å²) in [6.07, 6.45) is 2.82. The van der Waals surface area contributed by atoms with Crippen LogP contribution in [0.25, 0.3) is 5.57 Å². The molecule has 0 saturated carbocycles. The molecule has 2 aromatic carbocycles. The molecule has 1 aliphatic carbocycles. The second-order valence-electron chi connectivity index (χ2n) is 6.96. The Morgan fingerprint density at radius 2 is 1.58 bits per heavy atom. The van der Waals surface area contributed by atoms with Gasteiger partial charge in [0.25, 0.3) is 0 Å². The lowest BCUT2D eigenvalue weighted by atomic mass is 9.85. The van der Waals surface area contributed by atoms with E-state index >= 15 is 0 Å². The molecule has 0 bridgehead atoms. The highest BCUT2D eigenvalue weighted by atomic mass is 35.5. The number of hydrogen-bond donors (Lipinski definition) is 3. The van der Waals surface area contributed by atoms with Crippen LogP contribution in [0.15, 0.2) is 59.2 Å². The molecule has 2 aromatic rings. The largest absolute Gasteiger partial charge is 0.507 e. The highest BCUT2D eigenvalue weighted by molar-refractivity contribution is 6.38. The molecule has 8 heteroatoms. The van der Waals surface area contributed by atoms with Gasteiger partial charge in [-0.1, -0.05) is 29.3 Å². The maximum absolute atomic E-state index is 11.7. The first-order valence-electron chi connectivity index (χ1n) is 8.98. The molecule has 0 saturated heterocycles.